The van der Waals surface area contributed by atoms with Crippen LogP contribution in [0.3, 0.4) is 0 Å². The van der Waals surface area contributed by atoms with Crippen molar-refractivity contribution in [1.29, 1.82) is 0 Å². The summed E-state index contributed by atoms with van der Waals surface area (Å²) in [5.74, 6) is 0.0118. The molecule has 0 radical (unpaired) electrons. The first-order valence-electron chi connectivity index (χ1n) is 6.67. The lowest BCUT2D eigenvalue weighted by molar-refractivity contribution is 0.0438. The SMILES string of the molecule is Cc1c(Cl)cccc1C(=O)N1CCCC(C)(O)CC1. The van der Waals surface area contributed by atoms with Gasteiger partial charge in [-0.05, 0) is 50.8 Å². The highest BCUT2D eigenvalue weighted by molar-refractivity contribution is 6.31. The van der Waals surface area contributed by atoms with Crippen LogP contribution in [-0.2, 0) is 0 Å². The number of benzene rings is 1. The highest BCUT2D eigenvalue weighted by atomic mass is 35.5. The third-order valence-corrected chi connectivity index (χ3v) is 4.26. The van der Waals surface area contributed by atoms with E-state index in [1.807, 2.05) is 24.8 Å². The van der Waals surface area contributed by atoms with Gasteiger partial charge >= 0.3 is 0 Å². The van der Waals surface area contributed by atoms with Gasteiger partial charge in [0.1, 0.15) is 0 Å². The Morgan fingerprint density at radius 1 is 1.37 bits per heavy atom. The molecule has 4 heteroatoms. The fraction of sp³-hybridized carbons (Fsp3) is 0.533. The third kappa shape index (κ3) is 3.28. The van der Waals surface area contributed by atoms with Gasteiger partial charge in [-0.2, -0.15) is 0 Å². The second-order valence-electron chi connectivity index (χ2n) is 5.56. The molecule has 0 spiro atoms. The Bertz CT molecular complexity index is 485. The standard InChI is InChI=1S/C15H20ClNO2/c1-11-12(5-3-6-13(11)16)14(18)17-9-4-7-15(2,19)8-10-17/h3,5-6,19H,4,7-10H2,1-2H3. The van der Waals surface area contributed by atoms with E-state index < -0.39 is 5.60 Å². The van der Waals surface area contributed by atoms with E-state index in [0.29, 0.717) is 30.1 Å². The van der Waals surface area contributed by atoms with Crippen LogP contribution < -0.4 is 0 Å². The number of nitrogens with zero attached hydrogens (tertiary/aromatic N) is 1. The van der Waals surface area contributed by atoms with E-state index in [2.05, 4.69) is 0 Å². The van der Waals surface area contributed by atoms with E-state index in [1.165, 1.54) is 0 Å². The zero-order chi connectivity index (χ0) is 14.0. The van der Waals surface area contributed by atoms with Crippen molar-refractivity contribution < 1.29 is 9.90 Å². The van der Waals surface area contributed by atoms with Crippen LogP contribution in [0.25, 0.3) is 0 Å². The Morgan fingerprint density at radius 3 is 2.84 bits per heavy atom. The quantitative estimate of drug-likeness (QED) is 0.860. The largest absolute Gasteiger partial charge is 0.390 e. The Hall–Kier alpha value is -1.06. The average molecular weight is 282 g/mol. The van der Waals surface area contributed by atoms with E-state index in [9.17, 15) is 9.90 Å². The fourth-order valence-corrected chi connectivity index (χ4v) is 2.65. The number of carbonyl (C=O) groups excluding carboxylic acids is 1. The normalized spacial score (nSPS) is 24.1. The van der Waals surface area contributed by atoms with Crippen molar-refractivity contribution >= 4 is 17.5 Å². The smallest absolute Gasteiger partial charge is 0.254 e. The zero-order valence-electron chi connectivity index (χ0n) is 11.4. The second-order valence-corrected chi connectivity index (χ2v) is 5.96. The first-order valence-corrected chi connectivity index (χ1v) is 7.05. The molecule has 104 valence electrons. The second kappa shape index (κ2) is 5.51. The number of carbonyl (C=O) groups is 1. The lowest BCUT2D eigenvalue weighted by Crippen LogP contribution is -2.33. The van der Waals surface area contributed by atoms with Crippen molar-refractivity contribution in [2.24, 2.45) is 0 Å². The molecule has 1 N–H and O–H groups in total. The minimum absolute atomic E-state index is 0.0118. The van der Waals surface area contributed by atoms with Gasteiger partial charge in [0, 0.05) is 23.7 Å². The molecule has 3 nitrogen and oxygen atoms in total. The van der Waals surface area contributed by atoms with Gasteiger partial charge in [-0.1, -0.05) is 17.7 Å². The Kier molecular flexibility index (Phi) is 4.16. The van der Waals surface area contributed by atoms with Crippen molar-refractivity contribution in [3.63, 3.8) is 0 Å². The van der Waals surface area contributed by atoms with Gasteiger partial charge in [-0.25, -0.2) is 0 Å². The van der Waals surface area contributed by atoms with Gasteiger partial charge in [0.25, 0.3) is 5.91 Å². The molecule has 1 amide bonds. The van der Waals surface area contributed by atoms with Gasteiger partial charge in [0.05, 0.1) is 5.60 Å². The summed E-state index contributed by atoms with van der Waals surface area (Å²) in [6.45, 7) is 4.99. The summed E-state index contributed by atoms with van der Waals surface area (Å²) < 4.78 is 0. The van der Waals surface area contributed by atoms with Crippen LogP contribution in [0.2, 0.25) is 5.02 Å². The van der Waals surface area contributed by atoms with E-state index in [-0.39, 0.29) is 5.91 Å². The van der Waals surface area contributed by atoms with Gasteiger partial charge in [0.15, 0.2) is 0 Å². The number of likely N-dealkylation sites (tertiary alicyclic amines) is 1. The highest BCUT2D eigenvalue weighted by Gasteiger charge is 2.28. The van der Waals surface area contributed by atoms with Gasteiger partial charge < -0.3 is 10.0 Å². The molecule has 0 aromatic heterocycles. The van der Waals surface area contributed by atoms with Crippen LogP contribution in [0.15, 0.2) is 18.2 Å². The number of hydrogen-bond donors (Lipinski definition) is 1. The first kappa shape index (κ1) is 14.4. The Labute approximate surface area is 119 Å². The predicted molar refractivity (Wildman–Crippen MR) is 76.6 cm³/mol. The monoisotopic (exact) mass is 281 g/mol. The summed E-state index contributed by atoms with van der Waals surface area (Å²) in [7, 11) is 0. The van der Waals surface area contributed by atoms with Gasteiger partial charge in [-0.3, -0.25) is 4.79 Å². The van der Waals surface area contributed by atoms with Crippen molar-refractivity contribution in [3.05, 3.63) is 34.3 Å². The molecule has 0 saturated carbocycles. The highest BCUT2D eigenvalue weighted by Crippen LogP contribution is 2.24. The lowest BCUT2D eigenvalue weighted by atomic mass is 9.98. The summed E-state index contributed by atoms with van der Waals surface area (Å²) in [6, 6.07) is 5.41. The maximum atomic E-state index is 12.5. The topological polar surface area (TPSA) is 40.5 Å². The predicted octanol–water partition coefficient (Wildman–Crippen LogP) is 3.03. The average Bonchev–Trinajstić information content (AvgIpc) is 2.53. The molecule has 1 saturated heterocycles. The molecule has 1 aromatic rings. The summed E-state index contributed by atoms with van der Waals surface area (Å²) in [4.78, 5) is 14.3. The summed E-state index contributed by atoms with van der Waals surface area (Å²) in [6.07, 6.45) is 2.20. The van der Waals surface area contributed by atoms with Crippen molar-refractivity contribution in [2.75, 3.05) is 13.1 Å². The molecule has 1 aliphatic heterocycles. The zero-order valence-corrected chi connectivity index (χ0v) is 12.2. The summed E-state index contributed by atoms with van der Waals surface area (Å²) in [5.41, 5.74) is 0.831. The number of halogens is 1. The molecule has 19 heavy (non-hydrogen) atoms. The Balaban J connectivity index is 2.18. The van der Waals surface area contributed by atoms with Crippen LogP contribution in [-0.4, -0.2) is 34.6 Å². The fourth-order valence-electron chi connectivity index (χ4n) is 2.48. The molecular formula is C15H20ClNO2. The number of aliphatic hydroxyl groups is 1. The van der Waals surface area contributed by atoms with Crippen molar-refractivity contribution in [2.45, 2.75) is 38.7 Å². The van der Waals surface area contributed by atoms with E-state index in [4.69, 9.17) is 11.6 Å². The molecule has 0 aliphatic carbocycles. The van der Waals surface area contributed by atoms with E-state index in [1.54, 1.807) is 12.1 Å². The van der Waals surface area contributed by atoms with Crippen LogP contribution in [0.5, 0.6) is 0 Å². The molecule has 1 heterocycles. The Morgan fingerprint density at radius 2 is 2.11 bits per heavy atom. The minimum atomic E-state index is -0.654. The molecular weight excluding hydrogens is 262 g/mol. The van der Waals surface area contributed by atoms with E-state index >= 15 is 0 Å². The number of amides is 1. The lowest BCUT2D eigenvalue weighted by Gasteiger charge is -2.23. The molecule has 1 aliphatic rings. The molecule has 1 unspecified atom stereocenters. The minimum Gasteiger partial charge on any atom is -0.390 e. The van der Waals surface area contributed by atoms with Crippen LogP contribution >= 0.6 is 11.6 Å². The molecule has 1 aromatic carbocycles. The molecule has 0 bridgehead atoms. The van der Waals surface area contributed by atoms with Crippen molar-refractivity contribution in [1.82, 2.24) is 4.90 Å². The number of rotatable bonds is 1. The first-order chi connectivity index (χ1) is 8.91. The van der Waals surface area contributed by atoms with Gasteiger partial charge in [0.2, 0.25) is 0 Å². The maximum Gasteiger partial charge on any atom is 0.254 e. The molecule has 2 rings (SSSR count). The third-order valence-electron chi connectivity index (χ3n) is 3.85. The maximum absolute atomic E-state index is 12.5. The van der Waals surface area contributed by atoms with Crippen LogP contribution in [0.1, 0.15) is 42.1 Å². The van der Waals surface area contributed by atoms with Gasteiger partial charge in [-0.15, -0.1) is 0 Å². The number of hydrogen-bond acceptors (Lipinski definition) is 2. The molecule has 1 atom stereocenters. The van der Waals surface area contributed by atoms with Crippen LogP contribution in [0.4, 0.5) is 0 Å². The summed E-state index contributed by atoms with van der Waals surface area (Å²) in [5, 5.41) is 10.7. The van der Waals surface area contributed by atoms with E-state index in [0.717, 1.165) is 18.4 Å². The van der Waals surface area contributed by atoms with Crippen LogP contribution in [0, 0.1) is 6.92 Å². The summed E-state index contributed by atoms with van der Waals surface area (Å²) >= 11 is 6.06. The molecule has 1 fully saturated rings. The van der Waals surface area contributed by atoms with Crippen molar-refractivity contribution in [3.8, 4) is 0 Å².